The Morgan fingerprint density at radius 1 is 1.07 bits per heavy atom. The quantitative estimate of drug-likeness (QED) is 0.261. The molecule has 1 aromatic heterocycles. The molecule has 0 aliphatic heterocycles. The van der Waals surface area contributed by atoms with Crippen LogP contribution in [0.1, 0.15) is 40.8 Å². The van der Waals surface area contributed by atoms with Crippen LogP contribution in [0.4, 0.5) is 0 Å². The highest BCUT2D eigenvalue weighted by atomic mass is 79.9. The molecule has 0 spiro atoms. The van der Waals surface area contributed by atoms with Crippen LogP contribution in [0.5, 0.6) is 0 Å². The molecule has 0 aliphatic carbocycles. The summed E-state index contributed by atoms with van der Waals surface area (Å²) in [5, 5.41) is 14.3. The van der Waals surface area contributed by atoms with Crippen LogP contribution in [0.15, 0.2) is 70.4 Å². The molecule has 3 nitrogen and oxygen atoms in total. The fourth-order valence-electron chi connectivity index (χ4n) is 3.67. The van der Waals surface area contributed by atoms with Gasteiger partial charge in [0.1, 0.15) is 0 Å². The second-order valence-electron chi connectivity index (χ2n) is 6.99. The SMILES string of the molecule is Cc1cc(/C(=N\O)C(C)[C@H](c2ccc(Br)cc2)c2ccc(Cl)cc2C)ccn1. The molecule has 5 heteroatoms. The van der Waals surface area contributed by atoms with Gasteiger partial charge in [0.25, 0.3) is 0 Å². The molecule has 144 valence electrons. The number of aromatic nitrogens is 1. The summed E-state index contributed by atoms with van der Waals surface area (Å²) in [5.41, 5.74) is 5.80. The van der Waals surface area contributed by atoms with E-state index in [4.69, 9.17) is 11.6 Å². The number of hydrogen-bond acceptors (Lipinski definition) is 3. The largest absolute Gasteiger partial charge is 0.411 e. The van der Waals surface area contributed by atoms with Crippen LogP contribution in [-0.4, -0.2) is 15.9 Å². The zero-order chi connectivity index (χ0) is 20.3. The van der Waals surface area contributed by atoms with E-state index in [0.29, 0.717) is 10.7 Å². The van der Waals surface area contributed by atoms with Crippen molar-refractivity contribution in [2.24, 2.45) is 11.1 Å². The number of benzene rings is 2. The third-order valence-corrected chi connectivity index (χ3v) is 5.79. The molecule has 28 heavy (non-hydrogen) atoms. The van der Waals surface area contributed by atoms with Crippen molar-refractivity contribution >= 4 is 33.2 Å². The predicted octanol–water partition coefficient (Wildman–Crippen LogP) is 6.76. The van der Waals surface area contributed by atoms with Gasteiger partial charge in [-0.05, 0) is 66.9 Å². The molecule has 2 aromatic carbocycles. The second-order valence-corrected chi connectivity index (χ2v) is 8.34. The molecule has 0 saturated heterocycles. The maximum Gasteiger partial charge on any atom is 0.0906 e. The highest BCUT2D eigenvalue weighted by Crippen LogP contribution is 2.37. The van der Waals surface area contributed by atoms with Crippen LogP contribution < -0.4 is 0 Å². The van der Waals surface area contributed by atoms with E-state index in [9.17, 15) is 5.21 Å². The van der Waals surface area contributed by atoms with Gasteiger partial charge in [-0.1, -0.05) is 57.8 Å². The number of hydrogen-bond donors (Lipinski definition) is 1. The highest BCUT2D eigenvalue weighted by Gasteiger charge is 2.28. The molecular weight excluding hydrogens is 436 g/mol. The number of aryl methyl sites for hydroxylation is 2. The molecular formula is C23H22BrClN2O. The summed E-state index contributed by atoms with van der Waals surface area (Å²) < 4.78 is 1.02. The Morgan fingerprint density at radius 3 is 2.39 bits per heavy atom. The molecule has 0 radical (unpaired) electrons. The lowest BCUT2D eigenvalue weighted by atomic mass is 9.76. The lowest BCUT2D eigenvalue weighted by molar-refractivity contribution is 0.315. The van der Waals surface area contributed by atoms with Crippen LogP contribution in [0.3, 0.4) is 0 Å². The first kappa shape index (κ1) is 20.6. The van der Waals surface area contributed by atoms with E-state index in [1.165, 1.54) is 0 Å². The third kappa shape index (κ3) is 4.45. The number of nitrogens with zero attached hydrogens (tertiary/aromatic N) is 2. The molecule has 1 heterocycles. The van der Waals surface area contributed by atoms with E-state index in [2.05, 4.69) is 58.1 Å². The van der Waals surface area contributed by atoms with Gasteiger partial charge in [0.05, 0.1) is 5.71 Å². The Morgan fingerprint density at radius 2 is 1.79 bits per heavy atom. The van der Waals surface area contributed by atoms with E-state index >= 15 is 0 Å². The van der Waals surface area contributed by atoms with Gasteiger partial charge in [-0.15, -0.1) is 0 Å². The first-order valence-electron chi connectivity index (χ1n) is 9.07. The summed E-state index contributed by atoms with van der Waals surface area (Å²) in [7, 11) is 0. The number of oxime groups is 1. The van der Waals surface area contributed by atoms with Crippen LogP contribution in [0, 0.1) is 19.8 Å². The molecule has 2 atom stereocenters. The zero-order valence-electron chi connectivity index (χ0n) is 16.0. The molecule has 0 bridgehead atoms. The topological polar surface area (TPSA) is 45.5 Å². The van der Waals surface area contributed by atoms with Crippen LogP contribution in [-0.2, 0) is 0 Å². The standard InChI is InChI=1S/C23H22BrClN2O/c1-14-12-20(25)8-9-21(14)22(17-4-6-19(24)7-5-17)16(3)23(27-28)18-10-11-26-15(2)13-18/h4-13,16,22,28H,1-3H3/b27-23-/t16?,22-/m1/s1. The molecule has 0 amide bonds. The predicted molar refractivity (Wildman–Crippen MR) is 119 cm³/mol. The molecule has 1 N–H and O–H groups in total. The van der Waals surface area contributed by atoms with Crippen molar-refractivity contribution in [2.75, 3.05) is 0 Å². The van der Waals surface area contributed by atoms with E-state index in [1.54, 1.807) is 6.20 Å². The molecule has 0 saturated carbocycles. The Labute approximate surface area is 179 Å². The second kappa shape index (κ2) is 8.89. The van der Waals surface area contributed by atoms with Crippen molar-refractivity contribution in [2.45, 2.75) is 26.7 Å². The zero-order valence-corrected chi connectivity index (χ0v) is 18.4. The van der Waals surface area contributed by atoms with Crippen LogP contribution in [0.2, 0.25) is 5.02 Å². The van der Waals surface area contributed by atoms with Gasteiger partial charge >= 0.3 is 0 Å². The van der Waals surface area contributed by atoms with E-state index in [0.717, 1.165) is 32.4 Å². The Bertz CT molecular complexity index is 1000. The first-order valence-corrected chi connectivity index (χ1v) is 10.2. The summed E-state index contributed by atoms with van der Waals surface area (Å²) >= 11 is 9.71. The maximum absolute atomic E-state index is 9.88. The molecule has 3 aromatic rings. The van der Waals surface area contributed by atoms with Gasteiger partial charge in [-0.3, -0.25) is 4.98 Å². The number of halogens is 2. The minimum atomic E-state index is -0.0761. The van der Waals surface area contributed by atoms with Crippen molar-refractivity contribution in [3.8, 4) is 0 Å². The molecule has 0 aliphatic rings. The van der Waals surface area contributed by atoms with Crippen molar-refractivity contribution in [3.05, 3.63) is 98.2 Å². The van der Waals surface area contributed by atoms with Crippen LogP contribution >= 0.6 is 27.5 Å². The average molecular weight is 458 g/mol. The van der Waals surface area contributed by atoms with Crippen molar-refractivity contribution in [1.82, 2.24) is 4.98 Å². The fourth-order valence-corrected chi connectivity index (χ4v) is 4.16. The van der Waals surface area contributed by atoms with Gasteiger partial charge in [0.2, 0.25) is 0 Å². The summed E-state index contributed by atoms with van der Waals surface area (Å²) in [4.78, 5) is 4.25. The average Bonchev–Trinajstić information content (AvgIpc) is 2.66. The molecule has 3 rings (SSSR count). The van der Waals surface area contributed by atoms with Gasteiger partial charge in [0, 0.05) is 38.8 Å². The summed E-state index contributed by atoms with van der Waals surface area (Å²) in [5.74, 6) is -0.0717. The summed E-state index contributed by atoms with van der Waals surface area (Å²) in [6.07, 6.45) is 1.74. The monoisotopic (exact) mass is 456 g/mol. The normalized spacial score (nSPS) is 14.0. The highest BCUT2D eigenvalue weighted by molar-refractivity contribution is 9.10. The first-order chi connectivity index (χ1) is 13.4. The third-order valence-electron chi connectivity index (χ3n) is 5.03. The van der Waals surface area contributed by atoms with Gasteiger partial charge in [-0.25, -0.2) is 0 Å². The van der Waals surface area contributed by atoms with Crippen molar-refractivity contribution in [1.29, 1.82) is 0 Å². The summed E-state index contributed by atoms with van der Waals surface area (Å²) in [6.45, 7) is 6.08. The Hall–Kier alpha value is -2.17. The van der Waals surface area contributed by atoms with Crippen molar-refractivity contribution in [3.63, 3.8) is 0 Å². The molecule has 0 fully saturated rings. The minimum Gasteiger partial charge on any atom is -0.411 e. The smallest absolute Gasteiger partial charge is 0.0906 e. The maximum atomic E-state index is 9.88. The van der Waals surface area contributed by atoms with E-state index in [-0.39, 0.29) is 11.8 Å². The van der Waals surface area contributed by atoms with Crippen molar-refractivity contribution < 1.29 is 5.21 Å². The Kier molecular flexibility index (Phi) is 6.53. The number of rotatable bonds is 5. The van der Waals surface area contributed by atoms with E-state index < -0.39 is 0 Å². The van der Waals surface area contributed by atoms with Gasteiger partial charge < -0.3 is 5.21 Å². The lowest BCUT2D eigenvalue weighted by Gasteiger charge is -2.27. The van der Waals surface area contributed by atoms with E-state index in [1.807, 2.05) is 43.3 Å². The number of pyridine rings is 1. The minimum absolute atomic E-state index is 0.00439. The van der Waals surface area contributed by atoms with Gasteiger partial charge in [-0.2, -0.15) is 0 Å². The Balaban J connectivity index is 2.13. The molecule has 1 unspecified atom stereocenters. The lowest BCUT2D eigenvalue weighted by Crippen LogP contribution is -2.23. The fraction of sp³-hybridized carbons (Fsp3) is 0.217. The summed E-state index contributed by atoms with van der Waals surface area (Å²) in [6, 6.07) is 18.0. The van der Waals surface area contributed by atoms with Crippen LogP contribution in [0.25, 0.3) is 0 Å². The van der Waals surface area contributed by atoms with Gasteiger partial charge in [0.15, 0.2) is 0 Å².